The molecule has 1 rings (SSSR count). The largest absolute Gasteiger partial charge is 0.455 e. The van der Waals surface area contributed by atoms with Crippen LogP contribution in [-0.2, 0) is 6.54 Å². The van der Waals surface area contributed by atoms with Crippen LogP contribution in [0.15, 0.2) is 16.5 Å². The van der Waals surface area contributed by atoms with Gasteiger partial charge < -0.3 is 15.5 Å². The molecule has 0 aliphatic rings. The van der Waals surface area contributed by atoms with E-state index in [1.54, 1.807) is 12.1 Å². The van der Waals surface area contributed by atoms with Gasteiger partial charge in [-0.05, 0) is 18.6 Å². The Balaban J connectivity index is 2.61. The molecule has 4 heteroatoms. The Kier molecular flexibility index (Phi) is 4.62. The van der Waals surface area contributed by atoms with Crippen molar-refractivity contribution in [2.45, 2.75) is 32.4 Å². The summed E-state index contributed by atoms with van der Waals surface area (Å²) in [6.07, 6.45) is 6.98. The monoisotopic (exact) mass is 220 g/mol. The van der Waals surface area contributed by atoms with Crippen LogP contribution in [-0.4, -0.2) is 11.9 Å². The summed E-state index contributed by atoms with van der Waals surface area (Å²) in [6, 6.07) is 3.03. The Bertz CT molecular complexity index is 390. The van der Waals surface area contributed by atoms with Crippen LogP contribution in [0.25, 0.3) is 0 Å². The molecule has 86 valence electrons. The van der Waals surface area contributed by atoms with Crippen molar-refractivity contribution in [3.05, 3.63) is 23.7 Å². The number of nitrogens with one attached hydrogen (secondary N) is 1. The summed E-state index contributed by atoms with van der Waals surface area (Å²) in [5.74, 6) is 3.06. The molecular formula is C12H16N2O2. The SMILES string of the molecule is C#CC(CCC)NC(=O)c1ccc(CN)o1. The fourth-order valence-corrected chi connectivity index (χ4v) is 1.32. The molecule has 0 bridgehead atoms. The van der Waals surface area contributed by atoms with E-state index in [1.807, 2.05) is 6.92 Å². The molecule has 0 aliphatic heterocycles. The van der Waals surface area contributed by atoms with E-state index in [-0.39, 0.29) is 24.3 Å². The molecule has 0 radical (unpaired) electrons. The molecule has 0 aliphatic carbocycles. The molecule has 1 aromatic heterocycles. The molecule has 0 saturated heterocycles. The molecule has 16 heavy (non-hydrogen) atoms. The molecule has 1 heterocycles. The van der Waals surface area contributed by atoms with Crippen LogP contribution in [0.4, 0.5) is 0 Å². The lowest BCUT2D eigenvalue weighted by Gasteiger charge is -2.10. The maximum absolute atomic E-state index is 11.7. The fourth-order valence-electron chi connectivity index (χ4n) is 1.32. The van der Waals surface area contributed by atoms with Gasteiger partial charge in [-0.3, -0.25) is 4.79 Å². The van der Waals surface area contributed by atoms with Gasteiger partial charge in [-0.1, -0.05) is 19.3 Å². The van der Waals surface area contributed by atoms with E-state index in [4.69, 9.17) is 16.6 Å². The molecule has 0 saturated carbocycles. The predicted molar refractivity (Wildman–Crippen MR) is 61.6 cm³/mol. The van der Waals surface area contributed by atoms with Gasteiger partial charge in [0.05, 0.1) is 12.6 Å². The Morgan fingerprint density at radius 2 is 2.44 bits per heavy atom. The van der Waals surface area contributed by atoms with Crippen LogP contribution in [0.1, 0.15) is 36.1 Å². The first-order valence-corrected chi connectivity index (χ1v) is 5.27. The topological polar surface area (TPSA) is 68.3 Å². The van der Waals surface area contributed by atoms with Crippen molar-refractivity contribution in [2.75, 3.05) is 0 Å². The molecule has 1 aromatic rings. The second-order valence-corrected chi connectivity index (χ2v) is 3.45. The quantitative estimate of drug-likeness (QED) is 0.734. The first-order valence-electron chi connectivity index (χ1n) is 5.27. The van der Waals surface area contributed by atoms with Crippen molar-refractivity contribution >= 4 is 5.91 Å². The van der Waals surface area contributed by atoms with Gasteiger partial charge in [0, 0.05) is 0 Å². The number of carbonyl (C=O) groups excluding carboxylic acids is 1. The maximum Gasteiger partial charge on any atom is 0.287 e. The number of terminal acetylenes is 1. The highest BCUT2D eigenvalue weighted by molar-refractivity contribution is 5.91. The third-order valence-electron chi connectivity index (χ3n) is 2.17. The smallest absolute Gasteiger partial charge is 0.287 e. The molecule has 4 nitrogen and oxygen atoms in total. The predicted octanol–water partition coefficient (Wildman–Crippen LogP) is 1.27. The Labute approximate surface area is 95.2 Å². The Morgan fingerprint density at radius 3 is 2.94 bits per heavy atom. The van der Waals surface area contributed by atoms with Crippen molar-refractivity contribution in [1.82, 2.24) is 5.32 Å². The zero-order valence-electron chi connectivity index (χ0n) is 9.32. The Morgan fingerprint density at radius 1 is 1.69 bits per heavy atom. The normalized spacial score (nSPS) is 11.8. The van der Waals surface area contributed by atoms with Crippen molar-refractivity contribution in [3.63, 3.8) is 0 Å². The van der Waals surface area contributed by atoms with Gasteiger partial charge in [-0.15, -0.1) is 6.42 Å². The minimum absolute atomic E-state index is 0.246. The van der Waals surface area contributed by atoms with E-state index in [2.05, 4.69) is 11.2 Å². The Hall–Kier alpha value is -1.73. The second kappa shape index (κ2) is 5.99. The molecule has 1 atom stereocenters. The summed E-state index contributed by atoms with van der Waals surface area (Å²) in [4.78, 5) is 11.7. The van der Waals surface area contributed by atoms with Gasteiger partial charge in [-0.25, -0.2) is 0 Å². The third kappa shape index (κ3) is 3.14. The first-order chi connectivity index (χ1) is 7.71. The molecule has 1 amide bonds. The molecule has 3 N–H and O–H groups in total. The fraction of sp³-hybridized carbons (Fsp3) is 0.417. The van der Waals surface area contributed by atoms with Crippen molar-refractivity contribution in [1.29, 1.82) is 0 Å². The number of nitrogens with two attached hydrogens (primary N) is 1. The van der Waals surface area contributed by atoms with Crippen molar-refractivity contribution in [3.8, 4) is 12.3 Å². The lowest BCUT2D eigenvalue weighted by Crippen LogP contribution is -2.33. The van der Waals surface area contributed by atoms with E-state index in [0.717, 1.165) is 12.8 Å². The van der Waals surface area contributed by atoms with E-state index in [0.29, 0.717) is 5.76 Å². The number of carbonyl (C=O) groups is 1. The zero-order valence-corrected chi connectivity index (χ0v) is 9.32. The average Bonchev–Trinajstić information content (AvgIpc) is 2.76. The van der Waals surface area contributed by atoms with E-state index in [1.165, 1.54) is 0 Å². The standard InChI is InChI=1S/C12H16N2O2/c1-3-5-9(4-2)14-12(15)11-7-6-10(8-13)16-11/h2,6-7,9H,3,5,8,13H2,1H3,(H,14,15). The zero-order chi connectivity index (χ0) is 12.0. The molecule has 1 unspecified atom stereocenters. The number of rotatable bonds is 5. The molecule has 0 fully saturated rings. The van der Waals surface area contributed by atoms with Crippen LogP contribution in [0.3, 0.4) is 0 Å². The van der Waals surface area contributed by atoms with Crippen LogP contribution in [0.2, 0.25) is 0 Å². The summed E-state index contributed by atoms with van der Waals surface area (Å²) in [7, 11) is 0. The van der Waals surface area contributed by atoms with Crippen LogP contribution >= 0.6 is 0 Å². The van der Waals surface area contributed by atoms with Crippen LogP contribution in [0, 0.1) is 12.3 Å². The number of amides is 1. The number of hydrogen-bond acceptors (Lipinski definition) is 3. The lowest BCUT2D eigenvalue weighted by molar-refractivity contribution is 0.0914. The summed E-state index contributed by atoms with van der Waals surface area (Å²) >= 11 is 0. The van der Waals surface area contributed by atoms with Gasteiger partial charge in [0.25, 0.3) is 5.91 Å². The van der Waals surface area contributed by atoms with E-state index < -0.39 is 0 Å². The molecular weight excluding hydrogens is 204 g/mol. The third-order valence-corrected chi connectivity index (χ3v) is 2.17. The second-order valence-electron chi connectivity index (χ2n) is 3.45. The van der Waals surface area contributed by atoms with Crippen molar-refractivity contribution < 1.29 is 9.21 Å². The highest BCUT2D eigenvalue weighted by Gasteiger charge is 2.14. The lowest BCUT2D eigenvalue weighted by atomic mass is 10.2. The summed E-state index contributed by atoms with van der Waals surface area (Å²) in [5, 5.41) is 2.71. The molecule has 0 spiro atoms. The minimum atomic E-state index is -0.295. The van der Waals surface area contributed by atoms with Gasteiger partial charge in [0.15, 0.2) is 5.76 Å². The highest BCUT2D eigenvalue weighted by atomic mass is 16.4. The van der Waals surface area contributed by atoms with Crippen LogP contribution < -0.4 is 11.1 Å². The van der Waals surface area contributed by atoms with Gasteiger partial charge in [0.2, 0.25) is 0 Å². The summed E-state index contributed by atoms with van der Waals surface area (Å²) in [6.45, 7) is 2.29. The van der Waals surface area contributed by atoms with E-state index >= 15 is 0 Å². The summed E-state index contributed by atoms with van der Waals surface area (Å²) < 4.78 is 5.21. The number of furan rings is 1. The summed E-state index contributed by atoms with van der Waals surface area (Å²) in [5.41, 5.74) is 5.38. The number of hydrogen-bond donors (Lipinski definition) is 2. The minimum Gasteiger partial charge on any atom is -0.455 e. The van der Waals surface area contributed by atoms with Gasteiger partial charge >= 0.3 is 0 Å². The molecule has 0 aromatic carbocycles. The maximum atomic E-state index is 11.7. The van der Waals surface area contributed by atoms with Crippen LogP contribution in [0.5, 0.6) is 0 Å². The van der Waals surface area contributed by atoms with Crippen molar-refractivity contribution in [2.24, 2.45) is 5.73 Å². The van der Waals surface area contributed by atoms with Gasteiger partial charge in [0.1, 0.15) is 5.76 Å². The highest BCUT2D eigenvalue weighted by Crippen LogP contribution is 2.07. The first kappa shape index (κ1) is 12.3. The van der Waals surface area contributed by atoms with E-state index in [9.17, 15) is 4.79 Å². The average molecular weight is 220 g/mol. The van der Waals surface area contributed by atoms with Gasteiger partial charge in [-0.2, -0.15) is 0 Å².